The minimum absolute atomic E-state index is 0.432. The van der Waals surface area contributed by atoms with Gasteiger partial charge in [-0.05, 0) is 73.0 Å². The van der Waals surface area contributed by atoms with E-state index in [0.29, 0.717) is 37.0 Å². The molecule has 0 bridgehead atoms. The van der Waals surface area contributed by atoms with E-state index in [0.717, 1.165) is 33.9 Å². The van der Waals surface area contributed by atoms with Crippen LogP contribution in [0.3, 0.4) is 0 Å². The first-order valence-corrected chi connectivity index (χ1v) is 10.7. The van der Waals surface area contributed by atoms with Gasteiger partial charge in [-0.3, -0.25) is 0 Å². The summed E-state index contributed by atoms with van der Waals surface area (Å²) in [5.41, 5.74) is 4.20. The normalized spacial score (nSPS) is 10.4. The summed E-state index contributed by atoms with van der Waals surface area (Å²) >= 11 is 5.97. The summed E-state index contributed by atoms with van der Waals surface area (Å²) in [6, 6.07) is 19.7. The molecule has 3 rings (SSSR count). The van der Waals surface area contributed by atoms with Crippen LogP contribution in [0.2, 0.25) is 5.02 Å². The standard InChI is InChI=1S/C26H28ClNO3/c1-4-6-21-15-20(17-28-23-11-13-24(14-12-23)30-5-2)16-25(29-3)26(21)31-18-19-7-9-22(27)10-8-19/h4,7-16,28H,1,5-6,17-18H2,2-3H3. The van der Waals surface area contributed by atoms with Gasteiger partial charge in [0.25, 0.3) is 0 Å². The van der Waals surface area contributed by atoms with Gasteiger partial charge in [0, 0.05) is 22.8 Å². The Balaban J connectivity index is 1.74. The number of benzene rings is 3. The largest absolute Gasteiger partial charge is 0.494 e. The molecule has 0 aliphatic carbocycles. The van der Waals surface area contributed by atoms with E-state index in [4.69, 9.17) is 25.8 Å². The number of methoxy groups -OCH3 is 1. The van der Waals surface area contributed by atoms with E-state index in [1.807, 2.05) is 67.6 Å². The quantitative estimate of drug-likeness (QED) is 0.340. The molecule has 0 aliphatic rings. The molecular formula is C26H28ClNO3. The smallest absolute Gasteiger partial charge is 0.165 e. The van der Waals surface area contributed by atoms with Crippen molar-refractivity contribution in [2.45, 2.75) is 26.5 Å². The van der Waals surface area contributed by atoms with Crippen molar-refractivity contribution >= 4 is 17.3 Å². The number of hydrogen-bond acceptors (Lipinski definition) is 4. The van der Waals surface area contributed by atoms with Crippen LogP contribution in [0.4, 0.5) is 5.69 Å². The second kappa shape index (κ2) is 11.3. The Hall–Kier alpha value is -3.11. The summed E-state index contributed by atoms with van der Waals surface area (Å²) in [5, 5.41) is 4.15. The topological polar surface area (TPSA) is 39.7 Å². The van der Waals surface area contributed by atoms with E-state index in [9.17, 15) is 0 Å². The Morgan fingerprint density at radius 3 is 2.35 bits per heavy atom. The molecule has 0 saturated heterocycles. The first-order chi connectivity index (χ1) is 15.1. The summed E-state index contributed by atoms with van der Waals surface area (Å²) in [6.45, 7) is 7.61. The lowest BCUT2D eigenvalue weighted by molar-refractivity contribution is 0.281. The first kappa shape index (κ1) is 22.6. The predicted octanol–water partition coefficient (Wildman–Crippen LogP) is 6.67. The van der Waals surface area contributed by atoms with Crippen molar-refractivity contribution < 1.29 is 14.2 Å². The van der Waals surface area contributed by atoms with Gasteiger partial charge in [0.2, 0.25) is 0 Å². The van der Waals surface area contributed by atoms with Crippen molar-refractivity contribution in [1.82, 2.24) is 0 Å². The number of halogens is 1. The van der Waals surface area contributed by atoms with Gasteiger partial charge < -0.3 is 19.5 Å². The maximum atomic E-state index is 6.14. The van der Waals surface area contributed by atoms with Gasteiger partial charge in [-0.2, -0.15) is 0 Å². The van der Waals surface area contributed by atoms with Gasteiger partial charge in [-0.15, -0.1) is 6.58 Å². The number of anilines is 1. The third-order valence-corrected chi connectivity index (χ3v) is 4.99. The maximum Gasteiger partial charge on any atom is 0.165 e. The van der Waals surface area contributed by atoms with Crippen molar-refractivity contribution in [3.63, 3.8) is 0 Å². The molecule has 4 nitrogen and oxygen atoms in total. The molecule has 0 heterocycles. The fourth-order valence-corrected chi connectivity index (χ4v) is 3.35. The van der Waals surface area contributed by atoms with Crippen LogP contribution >= 0.6 is 11.6 Å². The van der Waals surface area contributed by atoms with Crippen LogP contribution in [0.15, 0.2) is 73.3 Å². The minimum Gasteiger partial charge on any atom is -0.494 e. The lowest BCUT2D eigenvalue weighted by atomic mass is 10.1. The second-order valence-corrected chi connectivity index (χ2v) is 7.44. The molecule has 0 aliphatic heterocycles. The minimum atomic E-state index is 0.432. The predicted molar refractivity (Wildman–Crippen MR) is 128 cm³/mol. The Morgan fingerprint density at radius 2 is 1.71 bits per heavy atom. The summed E-state index contributed by atoms with van der Waals surface area (Å²) in [7, 11) is 1.66. The number of ether oxygens (including phenoxy) is 3. The third-order valence-electron chi connectivity index (χ3n) is 4.73. The van der Waals surface area contributed by atoms with E-state index >= 15 is 0 Å². The Bertz CT molecular complexity index is 985. The summed E-state index contributed by atoms with van der Waals surface area (Å²) < 4.78 is 17.3. The lowest BCUT2D eigenvalue weighted by Gasteiger charge is -2.17. The number of nitrogens with one attached hydrogen (secondary N) is 1. The molecule has 0 saturated carbocycles. The summed E-state index contributed by atoms with van der Waals surface area (Å²) in [4.78, 5) is 0. The molecule has 31 heavy (non-hydrogen) atoms. The van der Waals surface area contributed by atoms with Crippen molar-refractivity contribution in [3.05, 3.63) is 95.0 Å². The van der Waals surface area contributed by atoms with Crippen LogP contribution in [0.25, 0.3) is 0 Å². The van der Waals surface area contributed by atoms with E-state index in [2.05, 4.69) is 18.0 Å². The van der Waals surface area contributed by atoms with Crippen LogP contribution < -0.4 is 19.5 Å². The second-order valence-electron chi connectivity index (χ2n) is 7.01. The number of hydrogen-bond donors (Lipinski definition) is 1. The van der Waals surface area contributed by atoms with E-state index in [1.54, 1.807) is 7.11 Å². The Kier molecular flexibility index (Phi) is 8.25. The molecule has 0 amide bonds. The molecule has 162 valence electrons. The fourth-order valence-electron chi connectivity index (χ4n) is 3.22. The fraction of sp³-hybridized carbons (Fsp3) is 0.231. The zero-order valence-corrected chi connectivity index (χ0v) is 18.7. The number of rotatable bonds is 11. The van der Waals surface area contributed by atoms with Gasteiger partial charge in [-0.1, -0.05) is 29.8 Å². The zero-order valence-electron chi connectivity index (χ0n) is 18.0. The average molecular weight is 438 g/mol. The molecule has 3 aromatic rings. The van der Waals surface area contributed by atoms with Crippen LogP contribution in [-0.4, -0.2) is 13.7 Å². The van der Waals surface area contributed by atoms with Crippen molar-refractivity contribution in [2.75, 3.05) is 19.0 Å². The van der Waals surface area contributed by atoms with Crippen molar-refractivity contribution in [1.29, 1.82) is 0 Å². The van der Waals surface area contributed by atoms with Crippen LogP contribution in [0, 0.1) is 0 Å². The summed E-state index contributed by atoms with van der Waals surface area (Å²) in [5.74, 6) is 2.31. The highest BCUT2D eigenvalue weighted by Gasteiger charge is 2.13. The molecule has 0 atom stereocenters. The molecular weight excluding hydrogens is 410 g/mol. The van der Waals surface area contributed by atoms with Crippen LogP contribution in [0.1, 0.15) is 23.6 Å². The van der Waals surface area contributed by atoms with E-state index < -0.39 is 0 Å². The third kappa shape index (κ3) is 6.43. The highest BCUT2D eigenvalue weighted by molar-refractivity contribution is 6.30. The first-order valence-electron chi connectivity index (χ1n) is 10.3. The lowest BCUT2D eigenvalue weighted by Crippen LogP contribution is -2.05. The SMILES string of the molecule is C=CCc1cc(CNc2ccc(OCC)cc2)cc(OC)c1OCc1ccc(Cl)cc1. The van der Waals surface area contributed by atoms with Crippen LogP contribution in [0.5, 0.6) is 17.2 Å². The molecule has 5 heteroatoms. The average Bonchev–Trinajstić information content (AvgIpc) is 2.79. The summed E-state index contributed by atoms with van der Waals surface area (Å²) in [6.07, 6.45) is 2.55. The molecule has 3 aromatic carbocycles. The van der Waals surface area contributed by atoms with Gasteiger partial charge in [0.1, 0.15) is 12.4 Å². The maximum absolute atomic E-state index is 6.14. The molecule has 0 spiro atoms. The monoisotopic (exact) mass is 437 g/mol. The van der Waals surface area contributed by atoms with Crippen molar-refractivity contribution in [2.24, 2.45) is 0 Å². The molecule has 0 radical (unpaired) electrons. The van der Waals surface area contributed by atoms with Crippen LogP contribution in [-0.2, 0) is 19.6 Å². The van der Waals surface area contributed by atoms with Gasteiger partial charge >= 0.3 is 0 Å². The van der Waals surface area contributed by atoms with Crippen molar-refractivity contribution in [3.8, 4) is 17.2 Å². The Labute approximate surface area is 189 Å². The van der Waals surface area contributed by atoms with E-state index in [1.165, 1.54) is 0 Å². The molecule has 0 fully saturated rings. The van der Waals surface area contributed by atoms with E-state index in [-0.39, 0.29) is 0 Å². The highest BCUT2D eigenvalue weighted by Crippen LogP contribution is 2.34. The molecule has 1 N–H and O–H groups in total. The van der Waals surface area contributed by atoms with Gasteiger partial charge in [0.05, 0.1) is 13.7 Å². The zero-order chi connectivity index (χ0) is 22.1. The van der Waals surface area contributed by atoms with Gasteiger partial charge in [0.15, 0.2) is 11.5 Å². The van der Waals surface area contributed by atoms with Gasteiger partial charge in [-0.25, -0.2) is 0 Å². The molecule has 0 aromatic heterocycles. The Morgan fingerprint density at radius 1 is 0.968 bits per heavy atom. The highest BCUT2D eigenvalue weighted by atomic mass is 35.5. The number of allylic oxidation sites excluding steroid dienone is 1. The molecule has 0 unspecified atom stereocenters.